The molecular weight excluding hydrogens is 260 g/mol. The zero-order chi connectivity index (χ0) is 14.5. The third-order valence-corrected chi connectivity index (χ3v) is 3.22. The highest BCUT2D eigenvalue weighted by atomic mass is 16.5. The molecule has 20 heavy (non-hydrogen) atoms. The van der Waals surface area contributed by atoms with Crippen LogP contribution in [0.1, 0.15) is 22.3 Å². The van der Waals surface area contributed by atoms with Crippen LogP contribution >= 0.6 is 0 Å². The standard InChI is InChI=1S/C14H18N2O4/c1-10-9-11(3-4-12(10)13(17)18)15-14(19)16-5-2-7-20-8-6-16/h3-4,9H,2,5-8H2,1H3,(H,15,19)(H,17,18). The fourth-order valence-corrected chi connectivity index (χ4v) is 2.13. The summed E-state index contributed by atoms with van der Waals surface area (Å²) in [5.74, 6) is -0.968. The van der Waals surface area contributed by atoms with E-state index in [4.69, 9.17) is 9.84 Å². The number of urea groups is 1. The van der Waals surface area contributed by atoms with Crippen molar-refractivity contribution in [2.75, 3.05) is 31.6 Å². The van der Waals surface area contributed by atoms with Crippen LogP contribution in [0, 0.1) is 6.92 Å². The van der Waals surface area contributed by atoms with E-state index in [1.807, 2.05) is 0 Å². The molecule has 2 amide bonds. The summed E-state index contributed by atoms with van der Waals surface area (Å²) in [7, 11) is 0. The first-order chi connectivity index (χ1) is 9.58. The molecule has 1 saturated heterocycles. The summed E-state index contributed by atoms with van der Waals surface area (Å²) in [5.41, 5.74) is 1.46. The number of benzene rings is 1. The van der Waals surface area contributed by atoms with Crippen molar-refractivity contribution in [1.82, 2.24) is 4.90 Å². The SMILES string of the molecule is Cc1cc(NC(=O)N2CCCOCC2)ccc1C(=O)O. The van der Waals surface area contributed by atoms with Crippen LogP contribution in [0.3, 0.4) is 0 Å². The first kappa shape index (κ1) is 14.3. The fourth-order valence-electron chi connectivity index (χ4n) is 2.13. The smallest absolute Gasteiger partial charge is 0.335 e. The van der Waals surface area contributed by atoms with Gasteiger partial charge in [-0.15, -0.1) is 0 Å². The minimum absolute atomic E-state index is 0.182. The summed E-state index contributed by atoms with van der Waals surface area (Å²) in [6, 6.07) is 4.58. The number of nitrogens with zero attached hydrogens (tertiary/aromatic N) is 1. The number of rotatable bonds is 2. The molecule has 1 heterocycles. The van der Waals surface area contributed by atoms with Crippen molar-refractivity contribution in [2.24, 2.45) is 0 Å². The van der Waals surface area contributed by atoms with Crippen molar-refractivity contribution in [1.29, 1.82) is 0 Å². The number of nitrogens with one attached hydrogen (secondary N) is 1. The zero-order valence-corrected chi connectivity index (χ0v) is 11.4. The Balaban J connectivity index is 2.03. The van der Waals surface area contributed by atoms with Gasteiger partial charge in [-0.3, -0.25) is 0 Å². The highest BCUT2D eigenvalue weighted by Crippen LogP contribution is 2.16. The lowest BCUT2D eigenvalue weighted by Gasteiger charge is -2.20. The summed E-state index contributed by atoms with van der Waals surface area (Å²) in [6.07, 6.45) is 0.824. The minimum Gasteiger partial charge on any atom is -0.478 e. The van der Waals surface area contributed by atoms with Crippen LogP contribution in [0.2, 0.25) is 0 Å². The van der Waals surface area contributed by atoms with Gasteiger partial charge in [0.2, 0.25) is 0 Å². The summed E-state index contributed by atoms with van der Waals surface area (Å²) in [4.78, 5) is 24.7. The van der Waals surface area contributed by atoms with Gasteiger partial charge in [0.15, 0.2) is 0 Å². The lowest BCUT2D eigenvalue weighted by molar-refractivity contribution is 0.0696. The summed E-state index contributed by atoms with van der Waals surface area (Å²) < 4.78 is 5.30. The minimum atomic E-state index is -0.968. The lowest BCUT2D eigenvalue weighted by atomic mass is 10.1. The molecule has 1 fully saturated rings. The quantitative estimate of drug-likeness (QED) is 0.866. The molecule has 0 aliphatic carbocycles. The predicted octanol–water partition coefficient (Wildman–Crippen LogP) is 1.95. The summed E-state index contributed by atoms with van der Waals surface area (Å²) in [5, 5.41) is 11.7. The van der Waals surface area contributed by atoms with E-state index < -0.39 is 5.97 Å². The van der Waals surface area contributed by atoms with E-state index in [0.29, 0.717) is 37.6 Å². The first-order valence-corrected chi connectivity index (χ1v) is 6.55. The summed E-state index contributed by atoms with van der Waals surface area (Å²) >= 11 is 0. The van der Waals surface area contributed by atoms with Crippen LogP contribution in [-0.2, 0) is 4.74 Å². The van der Waals surface area contributed by atoms with Gasteiger partial charge in [-0.05, 0) is 37.1 Å². The Morgan fingerprint density at radius 2 is 2.10 bits per heavy atom. The van der Waals surface area contributed by atoms with Crippen molar-refractivity contribution in [2.45, 2.75) is 13.3 Å². The molecule has 0 bridgehead atoms. The van der Waals surface area contributed by atoms with Gasteiger partial charge in [0.05, 0.1) is 12.2 Å². The van der Waals surface area contributed by atoms with Crippen molar-refractivity contribution in [3.8, 4) is 0 Å². The Morgan fingerprint density at radius 1 is 1.30 bits per heavy atom. The Kier molecular flexibility index (Phi) is 4.57. The van der Waals surface area contributed by atoms with E-state index in [9.17, 15) is 9.59 Å². The lowest BCUT2D eigenvalue weighted by Crippen LogP contribution is -2.36. The first-order valence-electron chi connectivity index (χ1n) is 6.55. The van der Waals surface area contributed by atoms with Gasteiger partial charge in [0, 0.05) is 25.4 Å². The Bertz CT molecular complexity index is 508. The molecule has 0 aromatic heterocycles. The number of carbonyl (C=O) groups excluding carboxylic acids is 1. The van der Waals surface area contributed by atoms with Crippen molar-refractivity contribution in [3.05, 3.63) is 29.3 Å². The monoisotopic (exact) mass is 278 g/mol. The molecule has 0 saturated carbocycles. The molecule has 0 atom stereocenters. The molecule has 108 valence electrons. The van der Waals surface area contributed by atoms with Gasteiger partial charge in [0.25, 0.3) is 0 Å². The maximum Gasteiger partial charge on any atom is 0.335 e. The average molecular weight is 278 g/mol. The molecule has 0 spiro atoms. The number of hydrogen-bond acceptors (Lipinski definition) is 3. The van der Waals surface area contributed by atoms with E-state index in [0.717, 1.165) is 6.42 Å². The summed E-state index contributed by atoms with van der Waals surface area (Å²) in [6.45, 7) is 4.16. The average Bonchev–Trinajstić information content (AvgIpc) is 2.67. The largest absolute Gasteiger partial charge is 0.478 e. The van der Waals surface area contributed by atoms with Crippen LogP contribution in [-0.4, -0.2) is 48.3 Å². The highest BCUT2D eigenvalue weighted by molar-refractivity contribution is 5.92. The number of hydrogen-bond donors (Lipinski definition) is 2. The van der Waals surface area contributed by atoms with Crippen LogP contribution in [0.5, 0.6) is 0 Å². The molecule has 2 N–H and O–H groups in total. The van der Waals surface area contributed by atoms with Gasteiger partial charge in [0.1, 0.15) is 0 Å². The molecule has 2 rings (SSSR count). The van der Waals surface area contributed by atoms with Crippen LogP contribution in [0.25, 0.3) is 0 Å². The van der Waals surface area contributed by atoms with Crippen LogP contribution in [0.15, 0.2) is 18.2 Å². The molecule has 1 aliphatic heterocycles. The number of ether oxygens (including phenoxy) is 1. The second-order valence-corrected chi connectivity index (χ2v) is 4.72. The van der Waals surface area contributed by atoms with Crippen molar-refractivity contribution >= 4 is 17.7 Å². The van der Waals surface area contributed by atoms with Crippen LogP contribution in [0.4, 0.5) is 10.5 Å². The van der Waals surface area contributed by atoms with Gasteiger partial charge < -0.3 is 20.1 Å². The third-order valence-electron chi connectivity index (χ3n) is 3.22. The zero-order valence-electron chi connectivity index (χ0n) is 11.4. The normalized spacial score (nSPS) is 15.6. The molecule has 1 aromatic rings. The maximum atomic E-state index is 12.1. The topological polar surface area (TPSA) is 78.9 Å². The maximum absolute atomic E-state index is 12.1. The van der Waals surface area contributed by atoms with Crippen LogP contribution < -0.4 is 5.32 Å². The molecule has 1 aromatic carbocycles. The molecule has 6 nitrogen and oxygen atoms in total. The van der Waals surface area contributed by atoms with Crippen molar-refractivity contribution in [3.63, 3.8) is 0 Å². The van der Waals surface area contributed by atoms with Crippen molar-refractivity contribution < 1.29 is 19.4 Å². The Labute approximate surface area is 117 Å². The fraction of sp³-hybridized carbons (Fsp3) is 0.429. The van der Waals surface area contributed by atoms with E-state index in [2.05, 4.69) is 5.32 Å². The van der Waals surface area contributed by atoms with Gasteiger partial charge in [-0.2, -0.15) is 0 Å². The number of aryl methyl sites for hydroxylation is 1. The Hall–Kier alpha value is -2.08. The number of aromatic carboxylic acids is 1. The number of carboxylic acid groups (broad SMARTS) is 1. The highest BCUT2D eigenvalue weighted by Gasteiger charge is 2.16. The molecule has 6 heteroatoms. The number of carbonyl (C=O) groups is 2. The second kappa shape index (κ2) is 6.38. The van der Waals surface area contributed by atoms with E-state index in [1.165, 1.54) is 6.07 Å². The number of amides is 2. The predicted molar refractivity (Wildman–Crippen MR) is 74.2 cm³/mol. The van der Waals surface area contributed by atoms with Gasteiger partial charge in [-0.1, -0.05) is 0 Å². The van der Waals surface area contributed by atoms with E-state index in [-0.39, 0.29) is 11.6 Å². The van der Waals surface area contributed by atoms with E-state index >= 15 is 0 Å². The second-order valence-electron chi connectivity index (χ2n) is 4.72. The van der Waals surface area contributed by atoms with E-state index in [1.54, 1.807) is 24.0 Å². The number of anilines is 1. The third kappa shape index (κ3) is 3.48. The van der Waals surface area contributed by atoms with Gasteiger partial charge in [-0.25, -0.2) is 9.59 Å². The molecule has 0 radical (unpaired) electrons. The Morgan fingerprint density at radius 3 is 2.80 bits per heavy atom. The molecule has 1 aliphatic rings. The molecule has 0 unspecified atom stereocenters. The molecular formula is C14H18N2O4. The number of carboxylic acids is 1. The van der Waals surface area contributed by atoms with Gasteiger partial charge >= 0.3 is 12.0 Å².